The molecular weight excluding hydrogens is 398 g/mol. The standard InChI is InChI=1S/C18H18N4OS.H3NO2S/c1-12(23)17-14(8-10-24-17)15-11-16(22-18(19)21-15)20-9-7-13-5-3-2-4-6-13;1-4(2)3/h2-6,8,10-11H,7,9H2,1H3,(H3,19,20,21,22);4H,(H2,1,2,3). The van der Waals surface area contributed by atoms with Crippen molar-refractivity contribution in [3.63, 3.8) is 0 Å². The summed E-state index contributed by atoms with van der Waals surface area (Å²) in [6, 6.07) is 13.9. The Labute approximate surface area is 168 Å². The summed E-state index contributed by atoms with van der Waals surface area (Å²) in [5.74, 6) is 0.875. The van der Waals surface area contributed by atoms with Crippen LogP contribution in [0.3, 0.4) is 0 Å². The fourth-order valence-corrected chi connectivity index (χ4v) is 3.26. The van der Waals surface area contributed by atoms with Crippen LogP contribution in [-0.4, -0.2) is 30.7 Å². The first kappa shape index (κ1) is 21.5. The molecule has 0 unspecified atom stereocenters. The Balaban J connectivity index is 0.000000640. The number of thiol groups is 1. The number of aromatic nitrogens is 2. The molecule has 8 nitrogen and oxygen atoms in total. The molecule has 0 atom stereocenters. The number of nitrogens with one attached hydrogen (secondary N) is 1. The summed E-state index contributed by atoms with van der Waals surface area (Å²) >= 11 is 1.41. The minimum absolute atomic E-state index is 0.0239. The van der Waals surface area contributed by atoms with Crippen LogP contribution in [0.15, 0.2) is 47.8 Å². The number of thiophene rings is 1. The Kier molecular flexibility index (Phi) is 8.05. The van der Waals surface area contributed by atoms with Crippen molar-refractivity contribution < 1.29 is 13.2 Å². The number of nitrogen functional groups attached to an aromatic ring is 1. The van der Waals surface area contributed by atoms with Gasteiger partial charge in [0.1, 0.15) is 5.82 Å². The van der Waals surface area contributed by atoms with Crippen molar-refractivity contribution in [3.05, 3.63) is 58.3 Å². The molecule has 28 heavy (non-hydrogen) atoms. The van der Waals surface area contributed by atoms with Gasteiger partial charge in [0.2, 0.25) is 5.95 Å². The highest BCUT2D eigenvalue weighted by Crippen LogP contribution is 2.29. The molecule has 0 spiro atoms. The predicted octanol–water partition coefficient (Wildman–Crippen LogP) is 2.12. The van der Waals surface area contributed by atoms with E-state index in [-0.39, 0.29) is 11.7 Å². The lowest BCUT2D eigenvalue weighted by molar-refractivity contribution is 0.102. The molecule has 148 valence electrons. The molecule has 0 saturated carbocycles. The van der Waals surface area contributed by atoms with Crippen LogP contribution in [0.25, 0.3) is 11.3 Å². The van der Waals surface area contributed by atoms with Crippen LogP contribution in [0, 0.1) is 0 Å². The van der Waals surface area contributed by atoms with E-state index in [1.807, 2.05) is 35.7 Å². The van der Waals surface area contributed by atoms with Gasteiger partial charge in [-0.05, 0) is 30.4 Å². The minimum Gasteiger partial charge on any atom is -0.370 e. The topological polar surface area (TPSA) is 141 Å². The molecule has 0 radical (unpaired) electrons. The summed E-state index contributed by atoms with van der Waals surface area (Å²) in [4.78, 5) is 20.9. The van der Waals surface area contributed by atoms with Gasteiger partial charge in [0, 0.05) is 18.2 Å². The van der Waals surface area contributed by atoms with Crippen molar-refractivity contribution in [2.75, 3.05) is 17.6 Å². The maximum Gasteiger partial charge on any atom is 0.222 e. The molecule has 0 bridgehead atoms. The van der Waals surface area contributed by atoms with Gasteiger partial charge < -0.3 is 11.1 Å². The first-order valence-electron chi connectivity index (χ1n) is 8.27. The zero-order valence-electron chi connectivity index (χ0n) is 15.2. The Morgan fingerprint density at radius 3 is 2.50 bits per heavy atom. The lowest BCUT2D eigenvalue weighted by atomic mass is 10.1. The summed E-state index contributed by atoms with van der Waals surface area (Å²) in [5, 5.41) is 9.22. The molecule has 3 aromatic rings. The third-order valence-electron chi connectivity index (χ3n) is 3.57. The summed E-state index contributed by atoms with van der Waals surface area (Å²) in [5.41, 5.74) is 8.55. The third kappa shape index (κ3) is 6.72. The number of carbonyl (C=O) groups is 1. The molecule has 10 heteroatoms. The Bertz CT molecular complexity index is 995. The van der Waals surface area contributed by atoms with Crippen LogP contribution < -0.4 is 16.2 Å². The molecule has 0 amide bonds. The number of hydrogen-bond acceptors (Lipinski definition) is 8. The summed E-state index contributed by atoms with van der Waals surface area (Å²) < 4.78 is 17.6. The number of anilines is 2. The van der Waals surface area contributed by atoms with Gasteiger partial charge in [0.25, 0.3) is 0 Å². The number of rotatable bonds is 6. The average molecular weight is 420 g/mol. The minimum atomic E-state index is -2.62. The number of carbonyl (C=O) groups excluding carboxylic acids is 1. The molecule has 2 aromatic heterocycles. The van der Waals surface area contributed by atoms with Crippen LogP contribution in [-0.2, 0) is 17.3 Å². The van der Waals surface area contributed by atoms with Crippen molar-refractivity contribution in [3.8, 4) is 11.3 Å². The zero-order valence-corrected chi connectivity index (χ0v) is 16.9. The van der Waals surface area contributed by atoms with Gasteiger partial charge in [-0.3, -0.25) is 4.79 Å². The molecule has 0 fully saturated rings. The number of hydrogen-bond donors (Lipinski definition) is 4. The molecular formula is C18H21N5O3S2. The van der Waals surface area contributed by atoms with E-state index in [0.717, 1.165) is 18.5 Å². The molecule has 2 heterocycles. The fraction of sp³-hybridized carbons (Fsp3) is 0.167. The highest BCUT2D eigenvalue weighted by atomic mass is 32.2. The molecule has 3 rings (SSSR count). The maximum absolute atomic E-state index is 11.7. The predicted molar refractivity (Wildman–Crippen MR) is 113 cm³/mol. The number of Topliss-reactive ketones (excluding diaryl/α,β-unsaturated/α-hetero) is 1. The monoisotopic (exact) mass is 419 g/mol. The summed E-state index contributed by atoms with van der Waals surface area (Å²) in [6.45, 7) is 2.29. The lowest BCUT2D eigenvalue weighted by Crippen LogP contribution is -2.08. The van der Waals surface area contributed by atoms with Gasteiger partial charge in [-0.15, -0.1) is 11.3 Å². The summed E-state index contributed by atoms with van der Waals surface area (Å²) in [6.07, 6.45) is 0.886. The molecule has 0 aliphatic heterocycles. The van der Waals surface area contributed by atoms with E-state index in [2.05, 4.69) is 32.6 Å². The Morgan fingerprint density at radius 2 is 1.86 bits per heavy atom. The molecule has 5 N–H and O–H groups in total. The van der Waals surface area contributed by atoms with Crippen LogP contribution in [0.5, 0.6) is 0 Å². The third-order valence-corrected chi connectivity index (χ3v) is 4.58. The van der Waals surface area contributed by atoms with E-state index >= 15 is 0 Å². The second kappa shape index (κ2) is 10.5. The van der Waals surface area contributed by atoms with E-state index in [4.69, 9.17) is 14.2 Å². The number of nitrogens with two attached hydrogens (primary N) is 2. The van der Waals surface area contributed by atoms with Crippen LogP contribution in [0.4, 0.5) is 11.8 Å². The molecule has 0 aliphatic carbocycles. The number of nitrogens with zero attached hydrogens (tertiary/aromatic N) is 2. The average Bonchev–Trinajstić information content (AvgIpc) is 3.12. The van der Waals surface area contributed by atoms with Crippen LogP contribution >= 0.6 is 11.3 Å². The van der Waals surface area contributed by atoms with Crippen LogP contribution in [0.1, 0.15) is 22.2 Å². The number of ketones is 1. The van der Waals surface area contributed by atoms with Crippen molar-refractivity contribution in [1.29, 1.82) is 0 Å². The second-order valence-corrected chi connectivity index (χ2v) is 7.15. The van der Waals surface area contributed by atoms with Gasteiger partial charge in [-0.2, -0.15) is 4.98 Å². The number of benzene rings is 1. The van der Waals surface area contributed by atoms with Gasteiger partial charge in [0.05, 0.1) is 10.6 Å². The Hall–Kier alpha value is -2.82. The van der Waals surface area contributed by atoms with Crippen molar-refractivity contribution in [2.45, 2.75) is 13.3 Å². The van der Waals surface area contributed by atoms with Gasteiger partial charge in [-0.1, -0.05) is 30.3 Å². The van der Waals surface area contributed by atoms with Crippen molar-refractivity contribution >= 4 is 39.8 Å². The SMILES string of the molecule is CC(=O)c1sccc1-c1cc(NCCc2ccccc2)nc(N)n1.N[SH](=O)=O. The lowest BCUT2D eigenvalue weighted by Gasteiger charge is -2.09. The quantitative estimate of drug-likeness (QED) is 0.354. The molecule has 1 aromatic carbocycles. The van der Waals surface area contributed by atoms with E-state index in [9.17, 15) is 4.79 Å². The molecule has 0 saturated heterocycles. The Morgan fingerprint density at radius 1 is 1.18 bits per heavy atom. The smallest absolute Gasteiger partial charge is 0.222 e. The van der Waals surface area contributed by atoms with E-state index in [1.54, 1.807) is 6.92 Å². The first-order chi connectivity index (χ1) is 13.4. The second-order valence-electron chi connectivity index (χ2n) is 5.66. The summed E-state index contributed by atoms with van der Waals surface area (Å²) in [7, 11) is -2.62. The fourth-order valence-electron chi connectivity index (χ4n) is 2.46. The van der Waals surface area contributed by atoms with Gasteiger partial charge >= 0.3 is 0 Å². The van der Waals surface area contributed by atoms with E-state index in [1.165, 1.54) is 16.9 Å². The van der Waals surface area contributed by atoms with E-state index in [0.29, 0.717) is 16.4 Å². The highest BCUT2D eigenvalue weighted by Gasteiger charge is 2.13. The van der Waals surface area contributed by atoms with Gasteiger partial charge in [0.15, 0.2) is 16.7 Å². The highest BCUT2D eigenvalue weighted by molar-refractivity contribution is 7.69. The zero-order chi connectivity index (χ0) is 20.5. The molecule has 0 aliphatic rings. The van der Waals surface area contributed by atoms with Crippen molar-refractivity contribution in [2.24, 2.45) is 5.14 Å². The normalized spacial score (nSPS) is 10.2. The first-order valence-corrected chi connectivity index (χ1v) is 10.4. The van der Waals surface area contributed by atoms with E-state index < -0.39 is 10.9 Å². The maximum atomic E-state index is 11.7. The van der Waals surface area contributed by atoms with Crippen molar-refractivity contribution in [1.82, 2.24) is 9.97 Å². The van der Waals surface area contributed by atoms with Gasteiger partial charge in [-0.25, -0.2) is 18.5 Å². The largest absolute Gasteiger partial charge is 0.370 e. The van der Waals surface area contributed by atoms with Crippen LogP contribution in [0.2, 0.25) is 0 Å².